The molecule has 7 heteroatoms. The molecular weight excluding hydrogens is 466 g/mol. The third-order valence-electron chi connectivity index (χ3n) is 3.43. The Bertz CT molecular complexity index is 752. The lowest BCUT2D eigenvalue weighted by Gasteiger charge is -2.12. The Hall–Kier alpha value is -1.73. The monoisotopic (exact) mass is 485 g/mol. The SMILES string of the molecule is CCCOc1ccc(CNC(=O)COc2ccc(Br)cc2Br)cc1OC. The Morgan fingerprint density at radius 1 is 1.04 bits per heavy atom. The minimum atomic E-state index is -0.204. The second-order valence-electron chi connectivity index (χ2n) is 5.47. The lowest BCUT2D eigenvalue weighted by Crippen LogP contribution is -2.28. The van der Waals surface area contributed by atoms with Crippen LogP contribution in [0.5, 0.6) is 17.2 Å². The molecule has 0 fully saturated rings. The van der Waals surface area contributed by atoms with E-state index in [-0.39, 0.29) is 12.5 Å². The number of hydrogen-bond acceptors (Lipinski definition) is 4. The first-order valence-corrected chi connectivity index (χ1v) is 9.76. The summed E-state index contributed by atoms with van der Waals surface area (Å²) in [4.78, 5) is 12.0. The predicted octanol–water partition coefficient (Wildman–Crippen LogP) is 4.70. The molecule has 0 heterocycles. The number of rotatable bonds is 9. The second kappa shape index (κ2) is 10.4. The summed E-state index contributed by atoms with van der Waals surface area (Å²) in [5, 5.41) is 2.83. The van der Waals surface area contributed by atoms with Crippen molar-refractivity contribution in [1.82, 2.24) is 5.32 Å². The summed E-state index contributed by atoms with van der Waals surface area (Å²) < 4.78 is 18.2. The molecule has 5 nitrogen and oxygen atoms in total. The van der Waals surface area contributed by atoms with Crippen LogP contribution in [-0.4, -0.2) is 26.2 Å². The Morgan fingerprint density at radius 2 is 1.81 bits per heavy atom. The maximum Gasteiger partial charge on any atom is 0.258 e. The third-order valence-corrected chi connectivity index (χ3v) is 4.55. The highest BCUT2D eigenvalue weighted by Gasteiger charge is 2.09. The van der Waals surface area contributed by atoms with Crippen molar-refractivity contribution in [2.75, 3.05) is 20.3 Å². The normalized spacial score (nSPS) is 10.3. The molecule has 0 bridgehead atoms. The van der Waals surface area contributed by atoms with Gasteiger partial charge in [-0.25, -0.2) is 0 Å². The van der Waals surface area contributed by atoms with Gasteiger partial charge in [-0.15, -0.1) is 0 Å². The van der Waals surface area contributed by atoms with E-state index in [1.807, 2.05) is 37.3 Å². The summed E-state index contributed by atoms with van der Waals surface area (Å²) in [5.41, 5.74) is 0.920. The van der Waals surface area contributed by atoms with Crippen LogP contribution in [0.1, 0.15) is 18.9 Å². The third kappa shape index (κ3) is 6.21. The summed E-state index contributed by atoms with van der Waals surface area (Å²) >= 11 is 6.77. The van der Waals surface area contributed by atoms with Crippen LogP contribution in [-0.2, 0) is 11.3 Å². The second-order valence-corrected chi connectivity index (χ2v) is 7.24. The molecule has 0 saturated heterocycles. The molecule has 1 N–H and O–H groups in total. The van der Waals surface area contributed by atoms with Crippen molar-refractivity contribution < 1.29 is 19.0 Å². The van der Waals surface area contributed by atoms with E-state index in [1.54, 1.807) is 13.2 Å². The minimum Gasteiger partial charge on any atom is -0.493 e. The van der Waals surface area contributed by atoms with Gasteiger partial charge in [-0.3, -0.25) is 4.79 Å². The zero-order chi connectivity index (χ0) is 18.9. The summed E-state index contributed by atoms with van der Waals surface area (Å²) in [7, 11) is 1.60. The van der Waals surface area contributed by atoms with Gasteiger partial charge < -0.3 is 19.5 Å². The van der Waals surface area contributed by atoms with Gasteiger partial charge in [0.1, 0.15) is 5.75 Å². The number of carbonyl (C=O) groups excluding carboxylic acids is 1. The van der Waals surface area contributed by atoms with Crippen molar-refractivity contribution in [3.8, 4) is 17.2 Å². The van der Waals surface area contributed by atoms with Crippen LogP contribution in [0.4, 0.5) is 0 Å². The fourth-order valence-electron chi connectivity index (χ4n) is 2.14. The van der Waals surface area contributed by atoms with E-state index < -0.39 is 0 Å². The molecule has 0 aliphatic heterocycles. The van der Waals surface area contributed by atoms with E-state index in [0.717, 1.165) is 20.9 Å². The average molecular weight is 487 g/mol. The van der Waals surface area contributed by atoms with E-state index in [2.05, 4.69) is 37.2 Å². The molecule has 2 aromatic rings. The Morgan fingerprint density at radius 3 is 2.50 bits per heavy atom. The van der Waals surface area contributed by atoms with Gasteiger partial charge in [0.05, 0.1) is 18.2 Å². The molecule has 1 amide bonds. The molecule has 0 unspecified atom stereocenters. The van der Waals surface area contributed by atoms with E-state index in [1.165, 1.54) is 0 Å². The van der Waals surface area contributed by atoms with Gasteiger partial charge in [0.2, 0.25) is 0 Å². The smallest absolute Gasteiger partial charge is 0.258 e. The molecule has 0 spiro atoms. The molecule has 0 atom stereocenters. The summed E-state index contributed by atoms with van der Waals surface area (Å²) in [6, 6.07) is 11.1. The number of halogens is 2. The number of hydrogen-bond donors (Lipinski definition) is 1. The Kier molecular flexibility index (Phi) is 8.25. The molecule has 0 aliphatic carbocycles. The van der Waals surface area contributed by atoms with Crippen molar-refractivity contribution in [3.05, 3.63) is 50.9 Å². The van der Waals surface area contributed by atoms with Crippen molar-refractivity contribution in [2.24, 2.45) is 0 Å². The van der Waals surface area contributed by atoms with Crippen molar-refractivity contribution >= 4 is 37.8 Å². The zero-order valence-corrected chi connectivity index (χ0v) is 17.9. The van der Waals surface area contributed by atoms with E-state index in [4.69, 9.17) is 14.2 Å². The molecular formula is C19H21Br2NO4. The van der Waals surface area contributed by atoms with E-state index in [0.29, 0.717) is 30.4 Å². The standard InChI is InChI=1S/C19H21Br2NO4/c1-3-8-25-17-6-4-13(9-18(17)24-2)11-22-19(23)12-26-16-7-5-14(20)10-15(16)21/h4-7,9-10H,3,8,11-12H2,1-2H3,(H,22,23). The minimum absolute atomic E-state index is 0.0605. The predicted molar refractivity (Wildman–Crippen MR) is 108 cm³/mol. The van der Waals surface area contributed by atoms with Crippen LogP contribution in [0.25, 0.3) is 0 Å². The van der Waals surface area contributed by atoms with Gasteiger partial charge in [-0.1, -0.05) is 28.9 Å². The Labute approximate surface area is 170 Å². The number of benzene rings is 2. The van der Waals surface area contributed by atoms with Crippen LogP contribution in [0, 0.1) is 0 Å². The van der Waals surface area contributed by atoms with Crippen molar-refractivity contribution in [2.45, 2.75) is 19.9 Å². The van der Waals surface area contributed by atoms with Crippen LogP contribution in [0.3, 0.4) is 0 Å². The molecule has 26 heavy (non-hydrogen) atoms. The largest absolute Gasteiger partial charge is 0.493 e. The fourth-order valence-corrected chi connectivity index (χ4v) is 3.30. The molecule has 2 rings (SSSR count). The van der Waals surface area contributed by atoms with Gasteiger partial charge in [0.15, 0.2) is 18.1 Å². The van der Waals surface area contributed by atoms with Gasteiger partial charge in [0.25, 0.3) is 5.91 Å². The average Bonchev–Trinajstić information content (AvgIpc) is 2.64. The number of nitrogens with one attached hydrogen (secondary N) is 1. The highest BCUT2D eigenvalue weighted by Crippen LogP contribution is 2.29. The van der Waals surface area contributed by atoms with Gasteiger partial charge in [-0.2, -0.15) is 0 Å². The molecule has 0 aromatic heterocycles. The van der Waals surface area contributed by atoms with Crippen LogP contribution in [0.2, 0.25) is 0 Å². The van der Waals surface area contributed by atoms with Crippen molar-refractivity contribution in [3.63, 3.8) is 0 Å². The molecule has 0 saturated carbocycles. The lowest BCUT2D eigenvalue weighted by atomic mass is 10.2. The first kappa shape index (κ1) is 20.6. The van der Waals surface area contributed by atoms with Crippen LogP contribution < -0.4 is 19.5 Å². The quantitative estimate of drug-likeness (QED) is 0.557. The Balaban J connectivity index is 1.86. The zero-order valence-electron chi connectivity index (χ0n) is 14.7. The van der Waals surface area contributed by atoms with Gasteiger partial charge in [-0.05, 0) is 58.2 Å². The highest BCUT2D eigenvalue weighted by atomic mass is 79.9. The molecule has 0 aliphatic rings. The topological polar surface area (TPSA) is 56.8 Å². The van der Waals surface area contributed by atoms with E-state index >= 15 is 0 Å². The highest BCUT2D eigenvalue weighted by molar-refractivity contribution is 9.11. The van der Waals surface area contributed by atoms with Crippen LogP contribution in [0.15, 0.2) is 45.3 Å². The van der Waals surface area contributed by atoms with Crippen LogP contribution >= 0.6 is 31.9 Å². The molecule has 140 valence electrons. The van der Waals surface area contributed by atoms with Gasteiger partial charge in [0, 0.05) is 11.0 Å². The first-order valence-electron chi connectivity index (χ1n) is 8.17. The summed E-state index contributed by atoms with van der Waals surface area (Å²) in [6.45, 7) is 3.00. The maximum atomic E-state index is 12.0. The number of carbonyl (C=O) groups is 1. The summed E-state index contributed by atoms with van der Waals surface area (Å²) in [6.07, 6.45) is 0.926. The first-order chi connectivity index (χ1) is 12.5. The summed E-state index contributed by atoms with van der Waals surface area (Å²) in [5.74, 6) is 1.76. The fraction of sp³-hybridized carbons (Fsp3) is 0.316. The number of methoxy groups -OCH3 is 1. The number of amides is 1. The molecule has 2 aromatic carbocycles. The molecule has 0 radical (unpaired) electrons. The van der Waals surface area contributed by atoms with E-state index in [9.17, 15) is 4.79 Å². The number of ether oxygens (including phenoxy) is 3. The maximum absolute atomic E-state index is 12.0. The lowest BCUT2D eigenvalue weighted by molar-refractivity contribution is -0.123. The van der Waals surface area contributed by atoms with Gasteiger partial charge >= 0.3 is 0 Å². The van der Waals surface area contributed by atoms with Crippen molar-refractivity contribution in [1.29, 1.82) is 0 Å².